The lowest BCUT2D eigenvalue weighted by molar-refractivity contribution is -0.135. The van der Waals surface area contributed by atoms with Crippen LogP contribution in [0, 0.1) is 11.8 Å². The number of benzene rings is 6. The van der Waals surface area contributed by atoms with Gasteiger partial charge in [-0.2, -0.15) is 0 Å². The zero-order chi connectivity index (χ0) is 58.1. The molecule has 8 atom stereocenters. The summed E-state index contributed by atoms with van der Waals surface area (Å²) in [5.74, 6) is 0.103. The molecule has 0 saturated heterocycles. The number of rotatable bonds is 28. The summed E-state index contributed by atoms with van der Waals surface area (Å²) >= 11 is 0. The van der Waals surface area contributed by atoms with E-state index in [4.69, 9.17) is 28.4 Å². The molecule has 6 aromatic carbocycles. The highest BCUT2D eigenvalue weighted by Gasteiger charge is 2.43. The highest BCUT2D eigenvalue weighted by Crippen LogP contribution is 2.31. The summed E-state index contributed by atoms with van der Waals surface area (Å²) in [4.78, 5) is 61.6. The highest BCUT2D eigenvalue weighted by molar-refractivity contribution is 6.04. The van der Waals surface area contributed by atoms with E-state index in [0.29, 0.717) is 72.8 Å². The van der Waals surface area contributed by atoms with E-state index in [9.17, 15) is 49.5 Å². The second-order valence-corrected chi connectivity index (χ2v) is 20.0. The smallest absolute Gasteiger partial charge is 0.311 e. The van der Waals surface area contributed by atoms with Gasteiger partial charge in [0.05, 0.1) is 37.6 Å². The van der Waals surface area contributed by atoms with E-state index < -0.39 is 54.4 Å². The number of esters is 2. The lowest BCUT2D eigenvalue weighted by atomic mass is 9.99. The molecular formula is C65H71NO16. The molecule has 0 bridgehead atoms. The minimum absolute atomic E-state index is 0.0113. The number of amides is 1. The number of aliphatic hydroxyl groups excluding tert-OH is 4. The van der Waals surface area contributed by atoms with Crippen LogP contribution in [0.25, 0.3) is 10.8 Å². The Morgan fingerprint density at radius 3 is 1.50 bits per heavy atom. The maximum absolute atomic E-state index is 12.4. The van der Waals surface area contributed by atoms with Crippen LogP contribution in [0.5, 0.6) is 28.7 Å². The number of hydrogen-bond acceptors (Lipinski definition) is 16. The van der Waals surface area contributed by atoms with Gasteiger partial charge in [0.15, 0.2) is 0 Å². The van der Waals surface area contributed by atoms with Gasteiger partial charge in [0.25, 0.3) is 5.91 Å². The van der Waals surface area contributed by atoms with Crippen LogP contribution in [-0.2, 0) is 28.7 Å². The fraction of sp³-hybridized carbons (Fsp3) is 0.338. The van der Waals surface area contributed by atoms with Crippen LogP contribution < -0.4 is 24.3 Å². The fourth-order valence-corrected chi connectivity index (χ4v) is 9.26. The Morgan fingerprint density at radius 2 is 0.988 bits per heavy atom. The maximum Gasteiger partial charge on any atom is 0.311 e. The van der Waals surface area contributed by atoms with Crippen LogP contribution >= 0.6 is 0 Å². The van der Waals surface area contributed by atoms with E-state index in [-0.39, 0.29) is 81.3 Å². The molecule has 6 N–H and O–H groups in total. The summed E-state index contributed by atoms with van der Waals surface area (Å²) in [6, 6.07) is 44.0. The molecule has 2 aliphatic rings. The van der Waals surface area contributed by atoms with Crippen molar-refractivity contribution in [2.45, 2.75) is 101 Å². The van der Waals surface area contributed by atoms with Gasteiger partial charge in [-0.25, -0.2) is 0 Å². The molecule has 0 spiro atoms. The van der Waals surface area contributed by atoms with Crippen molar-refractivity contribution in [2.75, 3.05) is 31.7 Å². The molecule has 2 aliphatic carbocycles. The van der Waals surface area contributed by atoms with Crippen molar-refractivity contribution in [3.63, 3.8) is 0 Å². The predicted octanol–water partition coefficient (Wildman–Crippen LogP) is 9.08. The predicted molar refractivity (Wildman–Crippen MR) is 307 cm³/mol. The number of para-hydroxylation sites is 2. The molecule has 17 heteroatoms. The van der Waals surface area contributed by atoms with Crippen molar-refractivity contribution in [2.24, 2.45) is 11.8 Å². The van der Waals surface area contributed by atoms with Gasteiger partial charge in [-0.3, -0.25) is 24.0 Å². The minimum Gasteiger partial charge on any atom is -0.508 e. The monoisotopic (exact) mass is 1120 g/mol. The summed E-state index contributed by atoms with van der Waals surface area (Å²) in [7, 11) is 0. The van der Waals surface area contributed by atoms with Gasteiger partial charge < -0.3 is 59.3 Å². The third kappa shape index (κ3) is 20.2. The fourth-order valence-electron chi connectivity index (χ4n) is 9.26. The third-order valence-corrected chi connectivity index (χ3v) is 13.6. The van der Waals surface area contributed by atoms with Gasteiger partial charge in [-0.15, -0.1) is 0 Å². The summed E-state index contributed by atoms with van der Waals surface area (Å²) in [5.41, 5.74) is 0.927. The van der Waals surface area contributed by atoms with Crippen molar-refractivity contribution in [3.05, 3.63) is 182 Å². The SMILES string of the molecule is O=C(CCC/C=C\C[C@H]1C(=O)CC(O)C1OCC(O)COc1ccccc1)Oc1ccc2ccccc2c1.O=C(CCC/C=C\C[C@H]1C(=O)C[C@H](O)[C@H]1OC[C@@H](O)COc1ccccc1)Oc1ccc(NC(=O)c2ccc(O)cc2)cc1. The number of phenols is 1. The van der Waals surface area contributed by atoms with Gasteiger partial charge in [-0.1, -0.05) is 91.0 Å². The molecule has 0 aromatic heterocycles. The first-order valence-corrected chi connectivity index (χ1v) is 27.5. The van der Waals surface area contributed by atoms with E-state index >= 15 is 0 Å². The normalized spacial score (nSPS) is 19.4. The summed E-state index contributed by atoms with van der Waals surface area (Å²) in [6.07, 6.45) is 6.34. The van der Waals surface area contributed by atoms with Crippen LogP contribution in [0.4, 0.5) is 5.69 Å². The zero-order valence-electron chi connectivity index (χ0n) is 45.5. The Morgan fingerprint density at radius 1 is 0.524 bits per heavy atom. The Kier molecular flexibility index (Phi) is 24.4. The zero-order valence-corrected chi connectivity index (χ0v) is 45.5. The number of ketones is 2. The lowest BCUT2D eigenvalue weighted by Crippen LogP contribution is -2.34. The largest absolute Gasteiger partial charge is 0.508 e. The van der Waals surface area contributed by atoms with E-state index in [1.807, 2.05) is 97.1 Å². The van der Waals surface area contributed by atoms with Gasteiger partial charge >= 0.3 is 11.9 Å². The number of anilines is 1. The number of allylic oxidation sites excluding steroid dienone is 4. The maximum atomic E-state index is 12.4. The first-order chi connectivity index (χ1) is 39.8. The van der Waals surface area contributed by atoms with Crippen LogP contribution in [0.15, 0.2) is 176 Å². The Labute approximate surface area is 476 Å². The number of ether oxygens (including phenoxy) is 6. The van der Waals surface area contributed by atoms with E-state index in [2.05, 4.69) is 5.32 Å². The number of carbonyl (C=O) groups excluding carboxylic acids is 5. The number of aromatic hydroxyl groups is 1. The van der Waals surface area contributed by atoms with Gasteiger partial charge in [0, 0.05) is 48.8 Å². The van der Waals surface area contributed by atoms with Crippen molar-refractivity contribution < 1.29 is 77.9 Å². The van der Waals surface area contributed by atoms with Crippen LogP contribution in [0.1, 0.15) is 74.6 Å². The molecule has 0 aliphatic heterocycles. The van der Waals surface area contributed by atoms with Crippen LogP contribution in [0.3, 0.4) is 0 Å². The summed E-state index contributed by atoms with van der Waals surface area (Å²) in [6.45, 7) is -0.0310. The molecule has 3 unspecified atom stereocenters. The van der Waals surface area contributed by atoms with Gasteiger partial charge in [0.2, 0.25) is 0 Å². The first kappa shape index (κ1) is 61.6. The summed E-state index contributed by atoms with van der Waals surface area (Å²) < 4.78 is 33.4. The number of hydrogen-bond donors (Lipinski definition) is 6. The van der Waals surface area contributed by atoms with E-state index in [1.165, 1.54) is 24.3 Å². The van der Waals surface area contributed by atoms with Crippen LogP contribution in [-0.4, -0.2) is 118 Å². The molecule has 6 aromatic rings. The molecule has 432 valence electrons. The van der Waals surface area contributed by atoms with E-state index in [0.717, 1.165) is 10.8 Å². The minimum atomic E-state index is -0.928. The first-order valence-electron chi connectivity index (χ1n) is 27.5. The van der Waals surface area contributed by atoms with Gasteiger partial charge in [0.1, 0.15) is 65.7 Å². The standard InChI is InChI=1S/C34H37NO9.C31H34O7/c36-25-16-12-23(13-17-25)34(41)35-24-14-18-28(19-15-24)44-32(40)11-7-2-1-6-10-29-30(38)20-31(39)33(29)43-22-26(37)21-42-27-8-4-3-5-9-27;32-24(20-36-25-12-4-3-5-13-25)21-37-31-27(28(33)19-29(31)34)14-6-1-2-7-15-30(35)38-26-17-16-22-10-8-9-11-23(22)18-26/h1,3-6,8-9,12-19,26,29,31,33,36-37,39H,2,7,10-11,20-22H2,(H,35,41);1,3-6,8-13,16-18,24,27,29,31-32,34H,2,7,14-15,19-21H2/b2*6-1-/t26-,29-,31-,33-;24?,27-,29?,31?/m00/s1. The molecule has 0 radical (unpaired) electrons. The van der Waals surface area contributed by atoms with Crippen molar-refractivity contribution in [1.82, 2.24) is 0 Å². The number of aliphatic hydroxyl groups is 4. The number of carbonyl (C=O) groups is 5. The van der Waals surface area contributed by atoms with E-state index in [1.54, 1.807) is 54.6 Å². The number of nitrogens with one attached hydrogen (secondary N) is 1. The number of Topliss-reactive ketones (excluding diaryl/α,β-unsaturated/α-hetero) is 2. The van der Waals surface area contributed by atoms with Crippen molar-refractivity contribution in [1.29, 1.82) is 0 Å². The topological polar surface area (TPSA) is 254 Å². The average molecular weight is 1120 g/mol. The summed E-state index contributed by atoms with van der Waals surface area (Å²) in [5, 5.41) is 55.2. The highest BCUT2D eigenvalue weighted by atomic mass is 16.5. The Bertz CT molecular complexity index is 3020. The molecular weight excluding hydrogens is 1050 g/mol. The van der Waals surface area contributed by atoms with Crippen molar-refractivity contribution >= 4 is 45.9 Å². The molecule has 17 nitrogen and oxygen atoms in total. The van der Waals surface area contributed by atoms with Crippen LogP contribution in [0.2, 0.25) is 0 Å². The Hall–Kier alpha value is -8.03. The third-order valence-electron chi connectivity index (χ3n) is 13.6. The molecule has 0 heterocycles. The lowest BCUT2D eigenvalue weighted by Gasteiger charge is -2.22. The second kappa shape index (κ2) is 32.4. The Balaban J connectivity index is 0.000000239. The number of fused-ring (bicyclic) bond motifs is 1. The molecule has 2 saturated carbocycles. The number of unbranched alkanes of at least 4 members (excludes halogenated alkanes) is 2. The molecule has 2 fully saturated rings. The molecule has 82 heavy (non-hydrogen) atoms. The number of phenolic OH excluding ortho intramolecular Hbond substituents is 1. The quantitative estimate of drug-likeness (QED) is 0.0116. The average Bonchev–Trinajstić information content (AvgIpc) is 4.04. The molecule has 1 amide bonds. The van der Waals surface area contributed by atoms with Gasteiger partial charge in [-0.05, 0) is 134 Å². The van der Waals surface area contributed by atoms with Crippen molar-refractivity contribution in [3.8, 4) is 28.7 Å². The molecule has 8 rings (SSSR count). The second-order valence-electron chi connectivity index (χ2n) is 20.0.